The molecule has 2 heteroatoms. The summed E-state index contributed by atoms with van der Waals surface area (Å²) in [6.45, 7) is 4.08. The van der Waals surface area contributed by atoms with Gasteiger partial charge in [-0.1, -0.05) is 19.1 Å². The van der Waals surface area contributed by atoms with Crippen LogP contribution in [-0.2, 0) is 0 Å². The molecule has 2 unspecified atom stereocenters. The number of benzene rings is 1. The van der Waals surface area contributed by atoms with Crippen molar-refractivity contribution in [2.24, 2.45) is 5.73 Å². The summed E-state index contributed by atoms with van der Waals surface area (Å²) in [5, 5.41) is 0. The fraction of sp³-hybridized carbons (Fsp3) is 0.455. The fourth-order valence-corrected chi connectivity index (χ4v) is 1.62. The lowest BCUT2D eigenvalue weighted by atomic mass is 9.91. The standard InChI is InChI=1S/C11H16FN/c1-3-11(8(2)13)9-4-6-10(12)7-5-9/h4-8,11H,3,13H2,1-2H3. The van der Waals surface area contributed by atoms with Crippen molar-refractivity contribution in [2.75, 3.05) is 0 Å². The number of hydrogen-bond acceptors (Lipinski definition) is 1. The Kier molecular flexibility index (Phi) is 3.43. The van der Waals surface area contributed by atoms with Gasteiger partial charge in [0.2, 0.25) is 0 Å². The van der Waals surface area contributed by atoms with E-state index in [0.29, 0.717) is 5.92 Å². The van der Waals surface area contributed by atoms with Gasteiger partial charge in [-0.05, 0) is 37.0 Å². The predicted octanol–water partition coefficient (Wildman–Crippen LogP) is 2.67. The van der Waals surface area contributed by atoms with Gasteiger partial charge < -0.3 is 5.73 Å². The lowest BCUT2D eigenvalue weighted by molar-refractivity contribution is 0.550. The van der Waals surface area contributed by atoms with Gasteiger partial charge in [0.05, 0.1) is 0 Å². The zero-order valence-electron chi connectivity index (χ0n) is 8.13. The van der Waals surface area contributed by atoms with Crippen molar-refractivity contribution < 1.29 is 4.39 Å². The van der Waals surface area contributed by atoms with E-state index in [1.807, 2.05) is 19.1 Å². The summed E-state index contributed by atoms with van der Waals surface area (Å²) in [5.74, 6) is 0.142. The Bertz CT molecular complexity index is 253. The molecule has 0 aromatic heterocycles. The Balaban J connectivity index is 2.86. The minimum absolute atomic E-state index is 0.121. The minimum Gasteiger partial charge on any atom is -0.327 e. The van der Waals surface area contributed by atoms with E-state index < -0.39 is 0 Å². The van der Waals surface area contributed by atoms with Crippen LogP contribution in [0.1, 0.15) is 31.7 Å². The molecule has 1 nitrogen and oxygen atoms in total. The van der Waals surface area contributed by atoms with Crippen molar-refractivity contribution in [3.8, 4) is 0 Å². The molecule has 1 aromatic carbocycles. The highest BCUT2D eigenvalue weighted by Gasteiger charge is 2.13. The second-order valence-electron chi connectivity index (χ2n) is 3.43. The van der Waals surface area contributed by atoms with Crippen LogP contribution < -0.4 is 5.73 Å². The first-order valence-corrected chi connectivity index (χ1v) is 4.66. The van der Waals surface area contributed by atoms with E-state index in [-0.39, 0.29) is 11.9 Å². The smallest absolute Gasteiger partial charge is 0.123 e. The molecule has 2 atom stereocenters. The van der Waals surface area contributed by atoms with Crippen LogP contribution in [-0.4, -0.2) is 6.04 Å². The second-order valence-corrected chi connectivity index (χ2v) is 3.43. The predicted molar refractivity (Wildman–Crippen MR) is 53.1 cm³/mol. The van der Waals surface area contributed by atoms with Gasteiger partial charge >= 0.3 is 0 Å². The maximum absolute atomic E-state index is 12.6. The quantitative estimate of drug-likeness (QED) is 0.762. The van der Waals surface area contributed by atoms with Gasteiger partial charge in [0.15, 0.2) is 0 Å². The lowest BCUT2D eigenvalue weighted by Crippen LogP contribution is -2.24. The van der Waals surface area contributed by atoms with E-state index >= 15 is 0 Å². The van der Waals surface area contributed by atoms with E-state index in [2.05, 4.69) is 6.92 Å². The Morgan fingerprint density at radius 1 is 1.31 bits per heavy atom. The van der Waals surface area contributed by atoms with E-state index in [9.17, 15) is 4.39 Å². The molecular formula is C11H16FN. The fourth-order valence-electron chi connectivity index (χ4n) is 1.62. The SMILES string of the molecule is CCC(c1ccc(F)cc1)C(C)N. The molecule has 13 heavy (non-hydrogen) atoms. The van der Waals surface area contributed by atoms with Crippen molar-refractivity contribution in [2.45, 2.75) is 32.2 Å². The molecule has 0 saturated heterocycles. The Morgan fingerprint density at radius 3 is 2.23 bits per heavy atom. The third-order valence-electron chi connectivity index (χ3n) is 2.37. The summed E-state index contributed by atoms with van der Waals surface area (Å²) < 4.78 is 12.6. The van der Waals surface area contributed by atoms with Crippen LogP contribution in [0, 0.1) is 5.82 Å². The zero-order valence-corrected chi connectivity index (χ0v) is 8.13. The monoisotopic (exact) mass is 181 g/mol. The second kappa shape index (κ2) is 4.38. The maximum atomic E-state index is 12.6. The number of nitrogens with two attached hydrogens (primary N) is 1. The van der Waals surface area contributed by atoms with E-state index in [1.54, 1.807) is 0 Å². The summed E-state index contributed by atoms with van der Waals surface area (Å²) in [5.41, 5.74) is 6.95. The summed E-state index contributed by atoms with van der Waals surface area (Å²) in [6, 6.07) is 6.72. The van der Waals surface area contributed by atoms with Gasteiger partial charge in [0, 0.05) is 6.04 Å². The van der Waals surface area contributed by atoms with Crippen molar-refractivity contribution in [3.05, 3.63) is 35.6 Å². The van der Waals surface area contributed by atoms with Crippen LogP contribution in [0.5, 0.6) is 0 Å². The molecule has 0 aliphatic carbocycles. The average Bonchev–Trinajstić information content (AvgIpc) is 2.09. The van der Waals surface area contributed by atoms with Crippen LogP contribution in [0.4, 0.5) is 4.39 Å². The lowest BCUT2D eigenvalue weighted by Gasteiger charge is -2.19. The molecule has 0 aliphatic rings. The van der Waals surface area contributed by atoms with Crippen molar-refractivity contribution in [1.29, 1.82) is 0 Å². The average molecular weight is 181 g/mol. The van der Waals surface area contributed by atoms with Gasteiger partial charge in [-0.2, -0.15) is 0 Å². The van der Waals surface area contributed by atoms with E-state index in [4.69, 9.17) is 5.73 Å². The molecule has 1 rings (SSSR count). The van der Waals surface area contributed by atoms with Gasteiger partial charge in [0.25, 0.3) is 0 Å². The van der Waals surface area contributed by atoms with Crippen LogP contribution in [0.2, 0.25) is 0 Å². The number of rotatable bonds is 3. The van der Waals surface area contributed by atoms with Crippen LogP contribution >= 0.6 is 0 Å². The third kappa shape index (κ3) is 2.52. The van der Waals surface area contributed by atoms with Crippen LogP contribution in [0.15, 0.2) is 24.3 Å². The molecule has 0 fully saturated rings. The molecule has 2 N–H and O–H groups in total. The topological polar surface area (TPSA) is 26.0 Å². The third-order valence-corrected chi connectivity index (χ3v) is 2.37. The van der Waals surface area contributed by atoms with E-state index in [1.165, 1.54) is 12.1 Å². The van der Waals surface area contributed by atoms with Crippen LogP contribution in [0.25, 0.3) is 0 Å². The number of hydrogen-bond donors (Lipinski definition) is 1. The van der Waals surface area contributed by atoms with Gasteiger partial charge in [-0.3, -0.25) is 0 Å². The van der Waals surface area contributed by atoms with E-state index in [0.717, 1.165) is 12.0 Å². The Hall–Kier alpha value is -0.890. The molecular weight excluding hydrogens is 165 g/mol. The molecule has 0 amide bonds. The Labute approximate surface area is 78.8 Å². The normalized spacial score (nSPS) is 15.4. The van der Waals surface area contributed by atoms with Crippen molar-refractivity contribution >= 4 is 0 Å². The molecule has 0 spiro atoms. The largest absolute Gasteiger partial charge is 0.327 e. The molecule has 1 aromatic rings. The van der Waals surface area contributed by atoms with Gasteiger partial charge in [-0.25, -0.2) is 4.39 Å². The van der Waals surface area contributed by atoms with Gasteiger partial charge in [-0.15, -0.1) is 0 Å². The first kappa shape index (κ1) is 10.2. The molecule has 0 heterocycles. The molecule has 0 saturated carbocycles. The molecule has 0 radical (unpaired) electrons. The van der Waals surface area contributed by atoms with Gasteiger partial charge in [0.1, 0.15) is 5.82 Å². The molecule has 0 bridgehead atoms. The summed E-state index contributed by atoms with van der Waals surface area (Å²) in [6.07, 6.45) is 0.989. The maximum Gasteiger partial charge on any atom is 0.123 e. The number of halogens is 1. The summed E-state index contributed by atoms with van der Waals surface area (Å²) in [7, 11) is 0. The first-order valence-electron chi connectivity index (χ1n) is 4.66. The molecule has 72 valence electrons. The highest BCUT2D eigenvalue weighted by Crippen LogP contribution is 2.22. The van der Waals surface area contributed by atoms with Crippen LogP contribution in [0.3, 0.4) is 0 Å². The highest BCUT2D eigenvalue weighted by molar-refractivity contribution is 5.21. The molecule has 0 aliphatic heterocycles. The Morgan fingerprint density at radius 2 is 1.85 bits per heavy atom. The highest BCUT2D eigenvalue weighted by atomic mass is 19.1. The zero-order chi connectivity index (χ0) is 9.84. The van der Waals surface area contributed by atoms with Crippen molar-refractivity contribution in [1.82, 2.24) is 0 Å². The summed E-state index contributed by atoms with van der Waals surface area (Å²) >= 11 is 0. The summed E-state index contributed by atoms with van der Waals surface area (Å²) in [4.78, 5) is 0. The minimum atomic E-state index is -0.191. The first-order chi connectivity index (χ1) is 6.15. The van der Waals surface area contributed by atoms with Crippen molar-refractivity contribution in [3.63, 3.8) is 0 Å².